The Kier molecular flexibility index (Phi) is 11.7. The Bertz CT molecular complexity index is 416. The van der Waals surface area contributed by atoms with E-state index in [-0.39, 0.29) is 0 Å². The zero-order valence-corrected chi connectivity index (χ0v) is 14.5. The predicted octanol–water partition coefficient (Wildman–Crippen LogP) is 2.90. The van der Waals surface area contributed by atoms with Crippen molar-refractivity contribution in [2.45, 2.75) is 64.6 Å². The average molecular weight is 350 g/mol. The Hall–Kier alpha value is -1.17. The van der Waals surface area contributed by atoms with Crippen molar-refractivity contribution in [3.8, 4) is 0 Å². The van der Waals surface area contributed by atoms with Gasteiger partial charge in [-0.3, -0.25) is 9.36 Å². The van der Waals surface area contributed by atoms with E-state index in [9.17, 15) is 14.2 Å². The van der Waals surface area contributed by atoms with Crippen molar-refractivity contribution in [1.29, 1.82) is 0 Å². The highest BCUT2D eigenvalue weighted by Gasteiger charge is 2.24. The first-order valence-electron chi connectivity index (χ1n) is 7.85. The van der Waals surface area contributed by atoms with Gasteiger partial charge in [0.05, 0.1) is 0 Å². The van der Waals surface area contributed by atoms with Crippen LogP contribution < -0.4 is 0 Å². The molecule has 0 amide bonds. The number of carbonyl (C=O) groups excluding carboxylic acids is 2. The van der Waals surface area contributed by atoms with Crippen molar-refractivity contribution in [3.63, 3.8) is 0 Å². The second-order valence-corrected chi connectivity index (χ2v) is 6.94. The molecule has 0 bridgehead atoms. The summed E-state index contributed by atoms with van der Waals surface area (Å²) in [5.41, 5.74) is 0. The number of hydrogen-bond donors (Lipinski definition) is 2. The van der Waals surface area contributed by atoms with Gasteiger partial charge < -0.3 is 19.3 Å². The van der Waals surface area contributed by atoms with Gasteiger partial charge in [-0.15, -0.1) is 0 Å². The first-order chi connectivity index (χ1) is 10.8. The molecule has 0 radical (unpaired) electrons. The van der Waals surface area contributed by atoms with Crippen LogP contribution in [-0.2, 0) is 23.6 Å². The fourth-order valence-electron chi connectivity index (χ4n) is 1.94. The van der Waals surface area contributed by atoms with E-state index in [0.717, 1.165) is 25.3 Å². The number of carbonyl (C=O) groups is 2. The standard InChI is InChI=1S/C15H27O7P/c1-3-5-6-7-8-9-10-11-15(21-13(16)4-2)22-14(17)12-23(18,19)20/h4,15H,2-3,5-12H2,1H3,(H2,18,19,20). The van der Waals surface area contributed by atoms with Gasteiger partial charge >= 0.3 is 19.5 Å². The van der Waals surface area contributed by atoms with Gasteiger partial charge in [0.2, 0.25) is 6.29 Å². The van der Waals surface area contributed by atoms with Gasteiger partial charge in [0.1, 0.15) is 6.16 Å². The minimum atomic E-state index is -4.50. The van der Waals surface area contributed by atoms with Crippen molar-refractivity contribution in [2.75, 3.05) is 6.16 Å². The molecule has 7 nitrogen and oxygen atoms in total. The summed E-state index contributed by atoms with van der Waals surface area (Å²) in [6.07, 6.45) is 6.38. The van der Waals surface area contributed by atoms with Crippen LogP contribution >= 0.6 is 7.60 Å². The number of unbranched alkanes of at least 4 members (excludes halogenated alkanes) is 6. The minimum absolute atomic E-state index is 0.292. The van der Waals surface area contributed by atoms with Gasteiger partial charge in [-0.1, -0.05) is 52.0 Å². The zero-order chi connectivity index (χ0) is 17.7. The van der Waals surface area contributed by atoms with Gasteiger partial charge in [0.25, 0.3) is 0 Å². The van der Waals surface area contributed by atoms with Gasteiger partial charge in [0.15, 0.2) is 0 Å². The van der Waals surface area contributed by atoms with Crippen LogP contribution in [0.4, 0.5) is 0 Å². The molecule has 0 rings (SSSR count). The topological polar surface area (TPSA) is 110 Å². The SMILES string of the molecule is C=CC(=O)OC(CCCCCCCCC)OC(=O)CP(=O)(O)O. The maximum atomic E-state index is 11.4. The third kappa shape index (κ3) is 14.2. The highest BCUT2D eigenvalue weighted by molar-refractivity contribution is 7.52. The summed E-state index contributed by atoms with van der Waals surface area (Å²) in [6, 6.07) is 0. The van der Waals surface area contributed by atoms with E-state index >= 15 is 0 Å². The summed E-state index contributed by atoms with van der Waals surface area (Å²) >= 11 is 0. The molecule has 8 heteroatoms. The van der Waals surface area contributed by atoms with Crippen molar-refractivity contribution >= 4 is 19.5 Å². The fourth-order valence-corrected chi connectivity index (χ4v) is 2.35. The van der Waals surface area contributed by atoms with E-state index in [1.165, 1.54) is 19.3 Å². The van der Waals surface area contributed by atoms with Crippen LogP contribution in [-0.4, -0.2) is 34.2 Å². The molecule has 0 aromatic rings. The van der Waals surface area contributed by atoms with Crippen LogP contribution in [0.15, 0.2) is 12.7 Å². The Morgan fingerprint density at radius 1 is 1.09 bits per heavy atom. The lowest BCUT2D eigenvalue weighted by Crippen LogP contribution is -2.25. The van der Waals surface area contributed by atoms with Crippen molar-refractivity contribution in [3.05, 3.63) is 12.7 Å². The summed E-state index contributed by atoms with van der Waals surface area (Å²) in [5, 5.41) is 0. The Balaban J connectivity index is 4.19. The normalized spacial score (nSPS) is 12.5. The third-order valence-corrected chi connectivity index (χ3v) is 3.73. The van der Waals surface area contributed by atoms with E-state index in [1.54, 1.807) is 0 Å². The zero-order valence-electron chi connectivity index (χ0n) is 13.6. The Morgan fingerprint density at radius 2 is 1.65 bits per heavy atom. The van der Waals surface area contributed by atoms with Crippen molar-refractivity contribution in [1.82, 2.24) is 0 Å². The molecule has 0 aromatic heterocycles. The number of esters is 2. The van der Waals surface area contributed by atoms with Crippen LogP contribution in [0.5, 0.6) is 0 Å². The summed E-state index contributed by atoms with van der Waals surface area (Å²) in [6.45, 7) is 5.39. The number of hydrogen-bond acceptors (Lipinski definition) is 5. The maximum absolute atomic E-state index is 11.4. The first-order valence-corrected chi connectivity index (χ1v) is 9.65. The van der Waals surface area contributed by atoms with E-state index < -0.39 is 32.0 Å². The van der Waals surface area contributed by atoms with Crippen LogP contribution in [0, 0.1) is 0 Å². The molecule has 0 aliphatic heterocycles. The maximum Gasteiger partial charge on any atom is 0.336 e. The Morgan fingerprint density at radius 3 is 2.17 bits per heavy atom. The summed E-state index contributed by atoms with van der Waals surface area (Å²) in [4.78, 5) is 40.1. The Labute approximate surface area is 137 Å². The molecule has 0 saturated heterocycles. The number of ether oxygens (including phenoxy) is 2. The lowest BCUT2D eigenvalue weighted by molar-refractivity contribution is -0.183. The predicted molar refractivity (Wildman–Crippen MR) is 85.7 cm³/mol. The quantitative estimate of drug-likeness (QED) is 0.173. The van der Waals surface area contributed by atoms with Gasteiger partial charge in [-0.25, -0.2) is 4.79 Å². The van der Waals surface area contributed by atoms with Crippen LogP contribution in [0.3, 0.4) is 0 Å². The van der Waals surface area contributed by atoms with Crippen LogP contribution in [0.25, 0.3) is 0 Å². The van der Waals surface area contributed by atoms with E-state index in [0.29, 0.717) is 12.8 Å². The summed E-state index contributed by atoms with van der Waals surface area (Å²) < 4.78 is 20.5. The second kappa shape index (κ2) is 12.3. The van der Waals surface area contributed by atoms with Crippen molar-refractivity contribution in [2.24, 2.45) is 0 Å². The van der Waals surface area contributed by atoms with Gasteiger partial charge in [-0.05, 0) is 6.42 Å². The molecule has 0 aliphatic rings. The molecule has 0 heterocycles. The largest absolute Gasteiger partial charge is 0.425 e. The highest BCUT2D eigenvalue weighted by Crippen LogP contribution is 2.34. The molecule has 23 heavy (non-hydrogen) atoms. The molecule has 0 aliphatic carbocycles. The molecular weight excluding hydrogens is 323 g/mol. The monoisotopic (exact) mass is 350 g/mol. The lowest BCUT2D eigenvalue weighted by atomic mass is 10.1. The summed E-state index contributed by atoms with van der Waals surface area (Å²) in [7, 11) is -4.50. The first kappa shape index (κ1) is 21.8. The van der Waals surface area contributed by atoms with Crippen LogP contribution in [0.2, 0.25) is 0 Å². The number of rotatable bonds is 13. The molecule has 0 saturated carbocycles. The lowest BCUT2D eigenvalue weighted by Gasteiger charge is -2.17. The molecule has 1 unspecified atom stereocenters. The molecule has 2 N–H and O–H groups in total. The molecule has 0 aromatic carbocycles. The summed E-state index contributed by atoms with van der Waals surface area (Å²) in [5.74, 6) is -1.84. The third-order valence-electron chi connectivity index (χ3n) is 3.06. The van der Waals surface area contributed by atoms with Crippen molar-refractivity contribution < 1.29 is 33.4 Å². The van der Waals surface area contributed by atoms with E-state index in [4.69, 9.17) is 19.3 Å². The fraction of sp³-hybridized carbons (Fsp3) is 0.733. The molecule has 134 valence electrons. The highest BCUT2D eigenvalue weighted by atomic mass is 31.2. The molecular formula is C15H27O7P. The smallest absolute Gasteiger partial charge is 0.336 e. The van der Waals surface area contributed by atoms with Crippen LogP contribution in [0.1, 0.15) is 58.3 Å². The average Bonchev–Trinajstić information content (AvgIpc) is 2.43. The molecule has 1 atom stereocenters. The van der Waals surface area contributed by atoms with E-state index in [2.05, 4.69) is 13.5 Å². The second-order valence-electron chi connectivity index (χ2n) is 5.29. The van der Waals surface area contributed by atoms with Gasteiger partial charge in [-0.2, -0.15) is 0 Å². The van der Waals surface area contributed by atoms with E-state index in [1.807, 2.05) is 0 Å². The molecule has 0 spiro atoms. The molecule has 0 fully saturated rings. The van der Waals surface area contributed by atoms with Gasteiger partial charge in [0, 0.05) is 12.5 Å². The minimum Gasteiger partial charge on any atom is -0.425 e.